The number of nitrogens with one attached hydrogen (secondary N) is 2. The number of rotatable bonds is 13. The lowest BCUT2D eigenvalue weighted by Crippen LogP contribution is -2.42. The number of piperidine rings is 1. The fourth-order valence-electron chi connectivity index (χ4n) is 3.12. The highest BCUT2D eigenvalue weighted by Crippen LogP contribution is 2.23. The van der Waals surface area contributed by atoms with Crippen molar-refractivity contribution >= 4 is 12.2 Å². The highest BCUT2D eigenvalue weighted by atomic mass is 32.2. The van der Waals surface area contributed by atoms with Gasteiger partial charge in [0.25, 0.3) is 0 Å². The van der Waals surface area contributed by atoms with Crippen LogP contribution in [0.5, 0.6) is 0 Å². The molecule has 0 amide bonds. The number of hydrogen-bond donors (Lipinski definition) is 5. The summed E-state index contributed by atoms with van der Waals surface area (Å²) in [6.45, 7) is 5.35. The van der Waals surface area contributed by atoms with E-state index in [4.69, 9.17) is 4.18 Å². The molecule has 138 valence electrons. The van der Waals surface area contributed by atoms with Gasteiger partial charge in [0.2, 0.25) is 0 Å². The molecule has 1 heterocycles. The maximum Gasteiger partial charge on any atom is 0.0788 e. The standard InChI is InChI=1S/C16H34N2O4S/c1-2-3-15(13-20)14(4-10-19)12-18-23-22-11-7-16(21)5-8-17-9-6-16/h14-15,17-21H,2-13H2,1H3. The van der Waals surface area contributed by atoms with E-state index >= 15 is 0 Å². The van der Waals surface area contributed by atoms with Gasteiger partial charge in [-0.05, 0) is 50.6 Å². The van der Waals surface area contributed by atoms with E-state index < -0.39 is 5.60 Å². The Morgan fingerprint density at radius 2 is 1.96 bits per heavy atom. The molecule has 1 fully saturated rings. The second-order valence-electron chi connectivity index (χ2n) is 6.48. The smallest absolute Gasteiger partial charge is 0.0788 e. The largest absolute Gasteiger partial charge is 0.396 e. The van der Waals surface area contributed by atoms with Gasteiger partial charge in [-0.1, -0.05) is 13.3 Å². The van der Waals surface area contributed by atoms with E-state index in [0.29, 0.717) is 26.0 Å². The second-order valence-corrected chi connectivity index (χ2v) is 7.17. The highest BCUT2D eigenvalue weighted by molar-refractivity contribution is 7.92. The van der Waals surface area contributed by atoms with Crippen molar-refractivity contribution in [1.82, 2.24) is 10.0 Å². The summed E-state index contributed by atoms with van der Waals surface area (Å²) in [6.07, 6.45) is 4.90. The van der Waals surface area contributed by atoms with Crippen LogP contribution in [0.15, 0.2) is 0 Å². The molecule has 0 radical (unpaired) electrons. The molecular weight excluding hydrogens is 316 g/mol. The van der Waals surface area contributed by atoms with Crippen molar-refractivity contribution in [3.05, 3.63) is 0 Å². The molecule has 0 aromatic heterocycles. The zero-order valence-electron chi connectivity index (χ0n) is 14.3. The van der Waals surface area contributed by atoms with E-state index in [2.05, 4.69) is 17.0 Å². The van der Waals surface area contributed by atoms with Crippen LogP contribution in [-0.2, 0) is 4.18 Å². The Kier molecular flexibility index (Phi) is 11.5. The Bertz CT molecular complexity index is 291. The molecule has 5 N–H and O–H groups in total. The van der Waals surface area contributed by atoms with Gasteiger partial charge in [0.15, 0.2) is 0 Å². The van der Waals surface area contributed by atoms with Crippen molar-refractivity contribution in [2.24, 2.45) is 11.8 Å². The first-order valence-electron chi connectivity index (χ1n) is 8.81. The van der Waals surface area contributed by atoms with Gasteiger partial charge in [-0.25, -0.2) is 4.72 Å². The van der Waals surface area contributed by atoms with Crippen LogP contribution in [0, 0.1) is 11.8 Å². The van der Waals surface area contributed by atoms with Gasteiger partial charge < -0.3 is 24.8 Å². The Morgan fingerprint density at radius 1 is 1.22 bits per heavy atom. The molecular formula is C16H34N2O4S. The predicted molar refractivity (Wildman–Crippen MR) is 93.9 cm³/mol. The first kappa shape index (κ1) is 21.2. The molecule has 2 atom stereocenters. The van der Waals surface area contributed by atoms with Crippen molar-refractivity contribution in [1.29, 1.82) is 0 Å². The Balaban J connectivity index is 2.15. The van der Waals surface area contributed by atoms with Crippen molar-refractivity contribution in [2.45, 2.75) is 51.0 Å². The molecule has 1 saturated heterocycles. The number of aliphatic hydroxyl groups excluding tert-OH is 2. The van der Waals surface area contributed by atoms with Crippen LogP contribution in [0.4, 0.5) is 0 Å². The third-order valence-electron chi connectivity index (χ3n) is 4.71. The van der Waals surface area contributed by atoms with E-state index in [-0.39, 0.29) is 25.0 Å². The normalized spacial score (nSPS) is 20.3. The molecule has 1 aliphatic heterocycles. The average molecular weight is 351 g/mol. The van der Waals surface area contributed by atoms with Gasteiger partial charge in [0.1, 0.15) is 0 Å². The predicted octanol–water partition coefficient (Wildman–Crippen LogP) is 1.07. The van der Waals surface area contributed by atoms with Gasteiger partial charge in [0.05, 0.1) is 24.4 Å². The van der Waals surface area contributed by atoms with E-state index in [1.54, 1.807) is 0 Å². The molecule has 23 heavy (non-hydrogen) atoms. The lowest BCUT2D eigenvalue weighted by atomic mass is 9.87. The fraction of sp³-hybridized carbons (Fsp3) is 1.00. The molecule has 7 heteroatoms. The number of hydrogen-bond acceptors (Lipinski definition) is 7. The molecule has 6 nitrogen and oxygen atoms in total. The van der Waals surface area contributed by atoms with Gasteiger partial charge >= 0.3 is 0 Å². The van der Waals surface area contributed by atoms with E-state index in [9.17, 15) is 15.3 Å². The Labute approximate surface area is 144 Å². The number of aliphatic hydroxyl groups is 3. The van der Waals surface area contributed by atoms with E-state index in [1.807, 2.05) is 0 Å². The van der Waals surface area contributed by atoms with Crippen LogP contribution < -0.4 is 10.0 Å². The summed E-state index contributed by atoms with van der Waals surface area (Å²) in [6, 6.07) is 0. The maximum atomic E-state index is 10.3. The average Bonchev–Trinajstić information content (AvgIpc) is 2.55. The van der Waals surface area contributed by atoms with Crippen molar-refractivity contribution in [3.63, 3.8) is 0 Å². The fourth-order valence-corrected chi connectivity index (χ4v) is 3.65. The van der Waals surface area contributed by atoms with Crippen LogP contribution in [0.1, 0.15) is 45.4 Å². The summed E-state index contributed by atoms with van der Waals surface area (Å²) in [5, 5.41) is 32.3. The van der Waals surface area contributed by atoms with Crippen LogP contribution >= 0.6 is 12.2 Å². The molecule has 1 rings (SSSR count). The van der Waals surface area contributed by atoms with Gasteiger partial charge in [-0.2, -0.15) is 0 Å². The minimum absolute atomic E-state index is 0.138. The minimum Gasteiger partial charge on any atom is -0.396 e. The van der Waals surface area contributed by atoms with E-state index in [1.165, 1.54) is 12.2 Å². The van der Waals surface area contributed by atoms with Crippen LogP contribution in [-0.4, -0.2) is 60.4 Å². The van der Waals surface area contributed by atoms with Crippen LogP contribution in [0.2, 0.25) is 0 Å². The minimum atomic E-state index is -0.589. The Morgan fingerprint density at radius 3 is 2.57 bits per heavy atom. The summed E-state index contributed by atoms with van der Waals surface area (Å²) >= 11 is 1.20. The van der Waals surface area contributed by atoms with E-state index in [0.717, 1.165) is 38.8 Å². The maximum absolute atomic E-state index is 10.3. The summed E-state index contributed by atoms with van der Waals surface area (Å²) in [5.41, 5.74) is -0.589. The molecule has 1 aliphatic rings. The van der Waals surface area contributed by atoms with Crippen molar-refractivity contribution < 1.29 is 19.5 Å². The summed E-state index contributed by atoms with van der Waals surface area (Å²) in [7, 11) is 0. The molecule has 0 bridgehead atoms. The zero-order chi connectivity index (χ0) is 17.0. The van der Waals surface area contributed by atoms with Gasteiger partial charge in [-0.3, -0.25) is 0 Å². The van der Waals surface area contributed by atoms with Crippen molar-refractivity contribution in [2.75, 3.05) is 39.5 Å². The summed E-state index contributed by atoms with van der Waals surface area (Å²) in [4.78, 5) is 0. The van der Waals surface area contributed by atoms with Gasteiger partial charge in [0, 0.05) is 26.2 Å². The third kappa shape index (κ3) is 8.67. The lowest BCUT2D eigenvalue weighted by Gasteiger charge is -2.32. The topological polar surface area (TPSA) is 94.0 Å². The first-order valence-corrected chi connectivity index (χ1v) is 9.55. The second kappa shape index (κ2) is 12.5. The molecule has 2 unspecified atom stereocenters. The molecule has 0 aliphatic carbocycles. The monoisotopic (exact) mass is 350 g/mol. The third-order valence-corrected chi connectivity index (χ3v) is 5.28. The van der Waals surface area contributed by atoms with Gasteiger partial charge in [-0.15, -0.1) is 0 Å². The molecule has 0 aromatic carbocycles. The highest BCUT2D eigenvalue weighted by Gasteiger charge is 2.28. The quantitative estimate of drug-likeness (QED) is 0.193. The summed E-state index contributed by atoms with van der Waals surface area (Å²) < 4.78 is 8.68. The first-order chi connectivity index (χ1) is 11.1. The van der Waals surface area contributed by atoms with Crippen LogP contribution in [0.25, 0.3) is 0 Å². The lowest BCUT2D eigenvalue weighted by molar-refractivity contribution is -0.00614. The Hall–Kier alpha value is 0.110. The summed E-state index contributed by atoms with van der Waals surface area (Å²) in [5.74, 6) is 0.463. The van der Waals surface area contributed by atoms with Crippen molar-refractivity contribution in [3.8, 4) is 0 Å². The van der Waals surface area contributed by atoms with Crippen LogP contribution in [0.3, 0.4) is 0 Å². The molecule has 0 saturated carbocycles. The SMILES string of the molecule is CCCC(CO)C(CCO)CNSOCCC1(O)CCNCC1. The zero-order valence-corrected chi connectivity index (χ0v) is 15.1. The molecule has 0 spiro atoms. The molecule has 0 aromatic rings.